The maximum Gasteiger partial charge on any atom is 0.337 e. The number of carbonyl (C=O) groups is 1. The van der Waals surface area contributed by atoms with Crippen molar-refractivity contribution in [3.63, 3.8) is 0 Å². The smallest absolute Gasteiger partial charge is 0.337 e. The van der Waals surface area contributed by atoms with Gasteiger partial charge in [-0.05, 0) is 52.4 Å². The van der Waals surface area contributed by atoms with E-state index in [9.17, 15) is 4.79 Å². The predicted octanol–water partition coefficient (Wildman–Crippen LogP) is 5.04. The lowest BCUT2D eigenvalue weighted by Crippen LogP contribution is -2.42. The zero-order chi connectivity index (χ0) is 26.3. The lowest BCUT2D eigenvalue weighted by atomic mass is 9.94. The van der Waals surface area contributed by atoms with Gasteiger partial charge in [-0.1, -0.05) is 92.2 Å². The zero-order valence-electron chi connectivity index (χ0n) is 21.7. The van der Waals surface area contributed by atoms with Gasteiger partial charge in [-0.3, -0.25) is 0 Å². The maximum absolute atomic E-state index is 13.3. The minimum atomic E-state index is -0.269. The summed E-state index contributed by atoms with van der Waals surface area (Å²) in [5, 5.41) is 16.6. The average molecular weight is 509 g/mol. The maximum atomic E-state index is 13.3. The van der Waals surface area contributed by atoms with Crippen molar-refractivity contribution in [2.24, 2.45) is 0 Å². The lowest BCUT2D eigenvalue weighted by molar-refractivity contribution is -0.139. The van der Waals surface area contributed by atoms with Gasteiger partial charge < -0.3 is 10.2 Å². The van der Waals surface area contributed by atoms with Crippen LogP contribution in [0, 0.1) is 0 Å². The summed E-state index contributed by atoms with van der Waals surface area (Å²) < 4.78 is 5.54. The van der Waals surface area contributed by atoms with Crippen LogP contribution >= 0.6 is 0 Å². The minimum Gasteiger partial charge on any atom is -0.463 e. The number of hydrogen-bond acceptors (Lipinski definition) is 7. The van der Waals surface area contributed by atoms with E-state index in [1.54, 1.807) is 0 Å². The molecule has 0 amide bonds. The number of H-pyrrole nitrogens is 1. The van der Waals surface area contributed by atoms with E-state index in [-0.39, 0.29) is 12.0 Å². The number of hydrazine groups is 1. The molecule has 1 aliphatic heterocycles. The Morgan fingerprint density at radius 2 is 1.66 bits per heavy atom. The van der Waals surface area contributed by atoms with Crippen molar-refractivity contribution in [3.8, 4) is 22.5 Å². The Morgan fingerprint density at radius 1 is 0.921 bits per heavy atom. The van der Waals surface area contributed by atoms with Crippen molar-refractivity contribution < 1.29 is 9.53 Å². The van der Waals surface area contributed by atoms with Crippen molar-refractivity contribution >= 4 is 11.7 Å². The Morgan fingerprint density at radius 3 is 2.34 bits per heavy atom. The number of nitrogens with one attached hydrogen (secondary N) is 2. The summed E-state index contributed by atoms with van der Waals surface area (Å²) in [6.07, 6.45) is 2.76. The van der Waals surface area contributed by atoms with Crippen LogP contribution in [0.25, 0.3) is 28.2 Å². The number of hydrogen-bond donors (Lipinski definition) is 2. The van der Waals surface area contributed by atoms with E-state index in [1.165, 1.54) is 0 Å². The Kier molecular flexibility index (Phi) is 7.89. The average Bonchev–Trinajstić information content (AvgIpc) is 3.62. The SMILES string of the molecule is CCCCN1NC(c2ccccc2)=C(C(=O)OCC)C1Cc1ccc(-c2ccccc2-c2nnn[nH]2)cc1. The second-order valence-corrected chi connectivity index (χ2v) is 9.25. The van der Waals surface area contributed by atoms with E-state index in [1.807, 2.05) is 55.5 Å². The summed E-state index contributed by atoms with van der Waals surface area (Å²) in [4.78, 5) is 13.3. The molecule has 2 N–H and O–H groups in total. The number of carbonyl (C=O) groups excluding carboxylic acids is 1. The van der Waals surface area contributed by atoms with Crippen LogP contribution in [-0.2, 0) is 16.0 Å². The molecule has 0 saturated heterocycles. The molecule has 1 aliphatic rings. The first-order valence-corrected chi connectivity index (χ1v) is 13.1. The van der Waals surface area contributed by atoms with Crippen LogP contribution in [0.5, 0.6) is 0 Å². The van der Waals surface area contributed by atoms with Gasteiger partial charge in [0.15, 0.2) is 5.82 Å². The first-order chi connectivity index (χ1) is 18.7. The molecule has 1 aromatic heterocycles. The van der Waals surface area contributed by atoms with Crippen LogP contribution < -0.4 is 5.43 Å². The molecule has 0 bridgehead atoms. The monoisotopic (exact) mass is 508 g/mol. The normalized spacial score (nSPS) is 15.5. The summed E-state index contributed by atoms with van der Waals surface area (Å²) >= 11 is 0. The highest BCUT2D eigenvalue weighted by Gasteiger charge is 2.37. The standard InChI is InChI=1S/C30H32N6O2/c1-3-5-19-36-26(27(30(37)38-4-2)28(33-36)23-11-7-6-8-12-23)20-21-15-17-22(18-16-21)24-13-9-10-14-25(24)29-31-34-35-32-29/h6-18,26,33H,3-5,19-20H2,1-2H3,(H,31,32,34,35). The van der Waals surface area contributed by atoms with Crippen molar-refractivity contribution in [2.45, 2.75) is 39.2 Å². The van der Waals surface area contributed by atoms with Crippen molar-refractivity contribution in [2.75, 3.05) is 13.2 Å². The Hall–Kier alpha value is -4.30. The molecule has 0 spiro atoms. The van der Waals surface area contributed by atoms with Gasteiger partial charge in [0.25, 0.3) is 0 Å². The van der Waals surface area contributed by atoms with Gasteiger partial charge in [0.05, 0.1) is 23.9 Å². The molecule has 8 heteroatoms. The number of ether oxygens (including phenoxy) is 1. The third-order valence-corrected chi connectivity index (χ3v) is 6.77. The molecular weight excluding hydrogens is 476 g/mol. The van der Waals surface area contributed by atoms with E-state index in [2.05, 4.69) is 68.3 Å². The van der Waals surface area contributed by atoms with Gasteiger partial charge in [-0.15, -0.1) is 5.10 Å². The van der Waals surface area contributed by atoms with Crippen LogP contribution in [0.2, 0.25) is 0 Å². The molecule has 0 fully saturated rings. The van der Waals surface area contributed by atoms with Gasteiger partial charge in [0.2, 0.25) is 0 Å². The molecule has 3 aromatic carbocycles. The van der Waals surface area contributed by atoms with E-state index < -0.39 is 0 Å². The molecule has 38 heavy (non-hydrogen) atoms. The minimum absolute atomic E-state index is 0.144. The van der Waals surface area contributed by atoms with E-state index >= 15 is 0 Å². The van der Waals surface area contributed by atoms with Crippen molar-refractivity contribution in [3.05, 3.63) is 95.6 Å². The van der Waals surface area contributed by atoms with Crippen molar-refractivity contribution in [1.82, 2.24) is 31.1 Å². The number of benzene rings is 3. The molecule has 1 atom stereocenters. The highest BCUT2D eigenvalue weighted by molar-refractivity contribution is 5.99. The molecule has 0 saturated carbocycles. The van der Waals surface area contributed by atoms with Crippen LogP contribution in [0.3, 0.4) is 0 Å². The van der Waals surface area contributed by atoms with Gasteiger partial charge in [0, 0.05) is 12.1 Å². The molecule has 5 rings (SSSR count). The summed E-state index contributed by atoms with van der Waals surface area (Å²) in [6.45, 7) is 5.19. The highest BCUT2D eigenvalue weighted by atomic mass is 16.5. The van der Waals surface area contributed by atoms with Crippen LogP contribution in [-0.4, -0.2) is 50.8 Å². The summed E-state index contributed by atoms with van der Waals surface area (Å²) in [7, 11) is 0. The zero-order valence-corrected chi connectivity index (χ0v) is 21.7. The molecule has 1 unspecified atom stereocenters. The first-order valence-electron chi connectivity index (χ1n) is 13.1. The van der Waals surface area contributed by atoms with Gasteiger partial charge in [-0.25, -0.2) is 14.9 Å². The Balaban J connectivity index is 1.47. The number of tetrazole rings is 1. The van der Waals surface area contributed by atoms with Crippen LogP contribution in [0.15, 0.2) is 84.4 Å². The molecule has 2 heterocycles. The molecule has 194 valence electrons. The van der Waals surface area contributed by atoms with Crippen molar-refractivity contribution in [1.29, 1.82) is 0 Å². The van der Waals surface area contributed by atoms with E-state index in [0.717, 1.165) is 52.9 Å². The van der Waals surface area contributed by atoms with Crippen LogP contribution in [0.1, 0.15) is 37.8 Å². The second-order valence-electron chi connectivity index (χ2n) is 9.25. The number of rotatable bonds is 10. The number of aromatic nitrogens is 4. The number of aromatic amines is 1. The fraction of sp³-hybridized carbons (Fsp3) is 0.267. The van der Waals surface area contributed by atoms with E-state index in [0.29, 0.717) is 24.4 Å². The van der Waals surface area contributed by atoms with Gasteiger partial charge in [-0.2, -0.15) is 0 Å². The predicted molar refractivity (Wildman–Crippen MR) is 147 cm³/mol. The Bertz CT molecular complexity index is 1380. The quantitative estimate of drug-likeness (QED) is 0.290. The lowest BCUT2D eigenvalue weighted by Gasteiger charge is -2.26. The van der Waals surface area contributed by atoms with E-state index in [4.69, 9.17) is 4.74 Å². The Labute approximate surface area is 222 Å². The van der Waals surface area contributed by atoms with Gasteiger partial charge in [0.1, 0.15) is 0 Å². The molecule has 0 radical (unpaired) electrons. The topological polar surface area (TPSA) is 96.0 Å². The summed E-state index contributed by atoms with van der Waals surface area (Å²) in [5.41, 5.74) is 10.2. The fourth-order valence-electron chi connectivity index (χ4n) is 4.89. The fourth-order valence-corrected chi connectivity index (χ4v) is 4.89. The first kappa shape index (κ1) is 25.4. The van der Waals surface area contributed by atoms with Gasteiger partial charge >= 0.3 is 5.97 Å². The third kappa shape index (κ3) is 5.35. The number of esters is 1. The third-order valence-electron chi connectivity index (χ3n) is 6.77. The largest absolute Gasteiger partial charge is 0.463 e. The summed E-state index contributed by atoms with van der Waals surface area (Å²) in [5.74, 6) is 0.361. The number of unbranched alkanes of at least 4 members (excludes halogenated alkanes) is 1. The second kappa shape index (κ2) is 11.8. The molecule has 8 nitrogen and oxygen atoms in total. The molecular formula is C30H32N6O2. The summed E-state index contributed by atoms with van der Waals surface area (Å²) in [6, 6.07) is 26.4. The van der Waals surface area contributed by atoms with Crippen LogP contribution in [0.4, 0.5) is 0 Å². The highest BCUT2D eigenvalue weighted by Crippen LogP contribution is 2.33. The molecule has 0 aliphatic carbocycles. The molecule has 4 aromatic rings. The number of nitrogens with zero attached hydrogens (tertiary/aromatic N) is 4.